The minimum atomic E-state index is -0.173. The highest BCUT2D eigenvalue weighted by atomic mass is 16.5. The standard InChI is InChI=1S/C19H24N6O2/c1-2-18-21-16(23-27-18)13-24-19(26)25(15-6-4-3-5-7-15)17(22-24)12-14-8-10-20-11-9-14/h3-7,14,20H,2,8-13H2,1H3. The number of aryl methyl sites for hydroxylation is 1. The Kier molecular flexibility index (Phi) is 5.15. The van der Waals surface area contributed by atoms with Gasteiger partial charge < -0.3 is 9.84 Å². The second kappa shape index (κ2) is 7.87. The molecule has 1 aromatic carbocycles. The van der Waals surface area contributed by atoms with Crippen molar-refractivity contribution in [1.82, 2.24) is 29.8 Å². The maximum atomic E-state index is 13.1. The van der Waals surface area contributed by atoms with E-state index in [-0.39, 0.29) is 12.2 Å². The van der Waals surface area contributed by atoms with Crippen molar-refractivity contribution in [2.45, 2.75) is 39.2 Å². The van der Waals surface area contributed by atoms with Crippen molar-refractivity contribution >= 4 is 0 Å². The molecule has 27 heavy (non-hydrogen) atoms. The highest BCUT2D eigenvalue weighted by Gasteiger charge is 2.21. The average Bonchev–Trinajstić information content (AvgIpc) is 3.28. The predicted octanol–water partition coefficient (Wildman–Crippen LogP) is 1.57. The lowest BCUT2D eigenvalue weighted by Gasteiger charge is -2.22. The summed E-state index contributed by atoms with van der Waals surface area (Å²) in [6, 6.07) is 9.67. The average molecular weight is 368 g/mol. The Balaban J connectivity index is 1.68. The van der Waals surface area contributed by atoms with E-state index in [1.165, 1.54) is 4.68 Å². The first kappa shape index (κ1) is 17.7. The van der Waals surface area contributed by atoms with Gasteiger partial charge in [0.15, 0.2) is 5.82 Å². The predicted molar refractivity (Wildman–Crippen MR) is 99.9 cm³/mol. The van der Waals surface area contributed by atoms with Crippen LogP contribution in [0.4, 0.5) is 0 Å². The Morgan fingerprint density at radius 1 is 1.22 bits per heavy atom. The minimum Gasteiger partial charge on any atom is -0.339 e. The van der Waals surface area contributed by atoms with Gasteiger partial charge in [0.2, 0.25) is 5.89 Å². The van der Waals surface area contributed by atoms with Gasteiger partial charge in [-0.2, -0.15) is 10.1 Å². The topological polar surface area (TPSA) is 90.8 Å². The summed E-state index contributed by atoms with van der Waals surface area (Å²) in [6.07, 6.45) is 3.65. The van der Waals surface area contributed by atoms with Gasteiger partial charge in [0.05, 0.1) is 5.69 Å². The van der Waals surface area contributed by atoms with Crippen LogP contribution < -0.4 is 11.0 Å². The molecular weight excluding hydrogens is 344 g/mol. The van der Waals surface area contributed by atoms with E-state index in [1.54, 1.807) is 4.57 Å². The van der Waals surface area contributed by atoms with E-state index in [9.17, 15) is 4.79 Å². The SMILES string of the molecule is CCc1nc(Cn2nc(CC3CCNCC3)n(-c3ccccc3)c2=O)no1. The van der Waals surface area contributed by atoms with E-state index in [4.69, 9.17) is 4.52 Å². The Labute approximate surface area is 157 Å². The fourth-order valence-electron chi connectivity index (χ4n) is 3.50. The molecule has 3 aromatic rings. The number of aromatic nitrogens is 5. The molecule has 0 aliphatic carbocycles. The zero-order valence-corrected chi connectivity index (χ0v) is 15.5. The smallest absolute Gasteiger partial charge is 0.339 e. The number of benzene rings is 1. The molecule has 1 aliphatic heterocycles. The van der Waals surface area contributed by atoms with Crippen molar-refractivity contribution in [3.05, 3.63) is 58.4 Å². The lowest BCUT2D eigenvalue weighted by Crippen LogP contribution is -2.29. The normalized spacial score (nSPS) is 15.3. The van der Waals surface area contributed by atoms with Crippen LogP contribution in [0.25, 0.3) is 5.69 Å². The molecule has 0 bridgehead atoms. The Morgan fingerprint density at radius 3 is 2.70 bits per heavy atom. The highest BCUT2D eigenvalue weighted by molar-refractivity contribution is 5.32. The Bertz CT molecular complexity index is 937. The second-order valence-corrected chi connectivity index (χ2v) is 6.88. The molecule has 1 saturated heterocycles. The van der Waals surface area contributed by atoms with E-state index >= 15 is 0 Å². The molecule has 0 amide bonds. The van der Waals surface area contributed by atoms with Crippen molar-refractivity contribution in [2.75, 3.05) is 13.1 Å². The minimum absolute atomic E-state index is 0.173. The first-order valence-electron chi connectivity index (χ1n) is 9.51. The van der Waals surface area contributed by atoms with Gasteiger partial charge in [-0.05, 0) is 44.0 Å². The molecule has 2 aromatic heterocycles. The molecule has 142 valence electrons. The summed E-state index contributed by atoms with van der Waals surface area (Å²) in [5, 5.41) is 12.0. The zero-order chi connectivity index (χ0) is 18.6. The van der Waals surface area contributed by atoms with E-state index in [2.05, 4.69) is 20.6 Å². The zero-order valence-electron chi connectivity index (χ0n) is 15.5. The number of hydrogen-bond acceptors (Lipinski definition) is 6. The molecule has 0 spiro atoms. The summed E-state index contributed by atoms with van der Waals surface area (Å²) < 4.78 is 8.30. The lowest BCUT2D eigenvalue weighted by molar-refractivity contribution is 0.364. The maximum absolute atomic E-state index is 13.1. The molecule has 1 aliphatic rings. The van der Waals surface area contributed by atoms with Crippen LogP contribution in [0.3, 0.4) is 0 Å². The molecule has 0 saturated carbocycles. The lowest BCUT2D eigenvalue weighted by atomic mass is 9.94. The molecule has 0 radical (unpaired) electrons. The molecule has 4 rings (SSSR count). The third kappa shape index (κ3) is 3.85. The summed E-state index contributed by atoms with van der Waals surface area (Å²) >= 11 is 0. The monoisotopic (exact) mass is 368 g/mol. The van der Waals surface area contributed by atoms with Crippen LogP contribution in [0.5, 0.6) is 0 Å². The molecule has 0 atom stereocenters. The van der Waals surface area contributed by atoms with Gasteiger partial charge in [-0.15, -0.1) is 0 Å². The van der Waals surface area contributed by atoms with Crippen LogP contribution in [0.15, 0.2) is 39.6 Å². The van der Waals surface area contributed by atoms with Crippen molar-refractivity contribution in [3.8, 4) is 5.69 Å². The van der Waals surface area contributed by atoms with E-state index in [1.807, 2.05) is 37.3 Å². The number of piperidine rings is 1. The molecule has 0 unspecified atom stereocenters. The van der Waals surface area contributed by atoms with Gasteiger partial charge in [-0.3, -0.25) is 0 Å². The van der Waals surface area contributed by atoms with Crippen LogP contribution in [-0.2, 0) is 19.4 Å². The van der Waals surface area contributed by atoms with Gasteiger partial charge >= 0.3 is 5.69 Å². The highest BCUT2D eigenvalue weighted by Crippen LogP contribution is 2.18. The molecule has 1 fully saturated rings. The number of hydrogen-bond donors (Lipinski definition) is 1. The summed E-state index contributed by atoms with van der Waals surface area (Å²) in [4.78, 5) is 17.4. The molecule has 3 heterocycles. The van der Waals surface area contributed by atoms with Crippen LogP contribution in [0.1, 0.15) is 37.3 Å². The van der Waals surface area contributed by atoms with Crippen molar-refractivity contribution in [2.24, 2.45) is 5.92 Å². The van der Waals surface area contributed by atoms with Gasteiger partial charge in [-0.25, -0.2) is 14.0 Å². The Hall–Kier alpha value is -2.74. The second-order valence-electron chi connectivity index (χ2n) is 6.88. The van der Waals surface area contributed by atoms with Gasteiger partial charge in [0.1, 0.15) is 12.4 Å². The van der Waals surface area contributed by atoms with Crippen LogP contribution >= 0.6 is 0 Å². The van der Waals surface area contributed by atoms with E-state index < -0.39 is 0 Å². The third-order valence-electron chi connectivity index (χ3n) is 4.95. The summed E-state index contributed by atoms with van der Waals surface area (Å²) in [5.41, 5.74) is 0.660. The van der Waals surface area contributed by atoms with Crippen molar-refractivity contribution in [1.29, 1.82) is 0 Å². The summed E-state index contributed by atoms with van der Waals surface area (Å²) in [7, 11) is 0. The number of nitrogens with one attached hydrogen (secondary N) is 1. The van der Waals surface area contributed by atoms with Crippen molar-refractivity contribution < 1.29 is 4.52 Å². The molecular formula is C19H24N6O2. The molecule has 1 N–H and O–H groups in total. The van der Waals surface area contributed by atoms with E-state index in [0.29, 0.717) is 24.1 Å². The largest absolute Gasteiger partial charge is 0.351 e. The number of rotatable bonds is 6. The van der Waals surface area contributed by atoms with Gasteiger partial charge in [-0.1, -0.05) is 30.3 Å². The third-order valence-corrected chi connectivity index (χ3v) is 4.95. The first-order valence-corrected chi connectivity index (χ1v) is 9.51. The number of nitrogens with zero attached hydrogens (tertiary/aromatic N) is 5. The number of para-hydroxylation sites is 1. The first-order chi connectivity index (χ1) is 13.2. The quantitative estimate of drug-likeness (QED) is 0.710. The van der Waals surface area contributed by atoms with Crippen LogP contribution in [0, 0.1) is 5.92 Å². The maximum Gasteiger partial charge on any atom is 0.351 e. The van der Waals surface area contributed by atoms with Crippen LogP contribution in [-0.4, -0.2) is 37.6 Å². The van der Waals surface area contributed by atoms with E-state index in [0.717, 1.165) is 43.9 Å². The molecule has 8 nitrogen and oxygen atoms in total. The summed E-state index contributed by atoms with van der Waals surface area (Å²) in [5.74, 6) is 2.36. The molecule has 8 heteroatoms. The summed E-state index contributed by atoms with van der Waals surface area (Å²) in [6.45, 7) is 4.19. The van der Waals surface area contributed by atoms with Crippen molar-refractivity contribution in [3.63, 3.8) is 0 Å². The van der Waals surface area contributed by atoms with Gasteiger partial charge in [0.25, 0.3) is 0 Å². The fourth-order valence-corrected chi connectivity index (χ4v) is 3.50. The Morgan fingerprint density at radius 2 is 2.00 bits per heavy atom. The van der Waals surface area contributed by atoms with Gasteiger partial charge in [0, 0.05) is 12.8 Å². The fraction of sp³-hybridized carbons (Fsp3) is 0.474. The van der Waals surface area contributed by atoms with Crippen LogP contribution in [0.2, 0.25) is 0 Å².